The van der Waals surface area contributed by atoms with E-state index in [0.717, 1.165) is 38.0 Å². The number of hydrogen-bond donors (Lipinski definition) is 0. The maximum absolute atomic E-state index is 6.72. The Morgan fingerprint density at radius 3 is 2.10 bits per heavy atom. The Morgan fingerprint density at radius 2 is 1.36 bits per heavy atom. The molecular formula is C44H46N4OPt. The van der Waals surface area contributed by atoms with Gasteiger partial charge in [-0.2, -0.15) is 0 Å². The number of anilines is 3. The topological polar surface area (TPSA) is 35.2 Å². The van der Waals surface area contributed by atoms with Crippen molar-refractivity contribution in [1.82, 2.24) is 14.1 Å². The van der Waals surface area contributed by atoms with E-state index >= 15 is 0 Å². The average molecular weight is 842 g/mol. The zero-order valence-electron chi connectivity index (χ0n) is 30.8. The first-order chi connectivity index (χ1) is 23.6. The fourth-order valence-corrected chi connectivity index (χ4v) is 9.62. The first kappa shape index (κ1) is 33.0. The van der Waals surface area contributed by atoms with Gasteiger partial charge in [0.1, 0.15) is 0 Å². The minimum atomic E-state index is -0.260. The van der Waals surface area contributed by atoms with Gasteiger partial charge in [0.2, 0.25) is 0 Å². The number of aryl methyl sites for hydroxylation is 2. The molecule has 0 saturated carbocycles. The SMILES string of the molecule is Cc1ccnc(N2c3cc(Oc4cccc(-n5[c](=[Pt])n(C)c6ccccc65)c4)ccc3C(C)(C)c3c2ccc2c3C(C)(C)C(C)(C)C2(C)C)c1. The van der Waals surface area contributed by atoms with Crippen LogP contribution in [-0.4, -0.2) is 14.1 Å². The Labute approximate surface area is 307 Å². The second kappa shape index (κ2) is 10.9. The molecule has 2 aromatic heterocycles. The van der Waals surface area contributed by atoms with Crippen molar-refractivity contribution in [2.45, 2.75) is 78.6 Å². The summed E-state index contributed by atoms with van der Waals surface area (Å²) in [7, 11) is 2.11. The van der Waals surface area contributed by atoms with E-state index in [9.17, 15) is 0 Å². The van der Waals surface area contributed by atoms with E-state index in [1.165, 1.54) is 39.0 Å². The smallest absolute Gasteiger partial charge is 0.0582 e. The van der Waals surface area contributed by atoms with E-state index in [-0.39, 0.29) is 21.7 Å². The summed E-state index contributed by atoms with van der Waals surface area (Å²) in [6.45, 7) is 21.6. The van der Waals surface area contributed by atoms with E-state index in [4.69, 9.17) is 9.72 Å². The monoisotopic (exact) mass is 841 g/mol. The number of nitrogens with zero attached hydrogens (tertiary/aromatic N) is 4. The third kappa shape index (κ3) is 4.41. The molecule has 258 valence electrons. The van der Waals surface area contributed by atoms with E-state index in [1.807, 2.05) is 12.3 Å². The van der Waals surface area contributed by atoms with Crippen LogP contribution in [0.3, 0.4) is 0 Å². The molecule has 50 heavy (non-hydrogen) atoms. The van der Waals surface area contributed by atoms with Gasteiger partial charge in [-0.25, -0.2) is 0 Å². The first-order valence-corrected chi connectivity index (χ1v) is 18.7. The van der Waals surface area contributed by atoms with Crippen LogP contribution < -0.4 is 9.64 Å². The first-order valence-electron chi connectivity index (χ1n) is 17.5. The molecule has 6 aromatic rings. The van der Waals surface area contributed by atoms with Crippen LogP contribution in [0, 0.1) is 16.1 Å². The second-order valence-electron chi connectivity index (χ2n) is 16.3. The van der Waals surface area contributed by atoms with Gasteiger partial charge < -0.3 is 0 Å². The Hall–Kier alpha value is -4.21. The van der Waals surface area contributed by atoms with E-state index < -0.39 is 0 Å². The van der Waals surface area contributed by atoms with Crippen LogP contribution in [0.15, 0.2) is 97.2 Å². The van der Waals surface area contributed by atoms with Gasteiger partial charge in [-0.3, -0.25) is 0 Å². The number of imidazole rings is 1. The van der Waals surface area contributed by atoms with Gasteiger partial charge in [-0.1, -0.05) is 47.6 Å². The Bertz CT molecular complexity index is 2430. The maximum atomic E-state index is 6.72. The molecule has 1 aliphatic heterocycles. The van der Waals surface area contributed by atoms with Crippen LogP contribution in [-0.2, 0) is 42.6 Å². The molecule has 0 unspecified atom stereocenters. The molecule has 6 heteroatoms. The van der Waals surface area contributed by atoms with Gasteiger partial charge in [-0.15, -0.1) is 0 Å². The van der Waals surface area contributed by atoms with Crippen molar-refractivity contribution >= 4 is 28.2 Å². The number of ether oxygens (including phenoxy) is 1. The van der Waals surface area contributed by atoms with Gasteiger partial charge in [0, 0.05) is 6.20 Å². The second-order valence-corrected chi connectivity index (χ2v) is 17.3. The van der Waals surface area contributed by atoms with Crippen LogP contribution in [0.5, 0.6) is 11.5 Å². The minimum absolute atomic E-state index is 0.0122. The summed E-state index contributed by atoms with van der Waals surface area (Å²) in [5.41, 5.74) is 12.2. The Morgan fingerprint density at radius 1 is 0.660 bits per heavy atom. The summed E-state index contributed by atoms with van der Waals surface area (Å²) in [5.74, 6) is 2.50. The number of hydrogen-bond acceptors (Lipinski definition) is 3. The summed E-state index contributed by atoms with van der Waals surface area (Å²) >= 11 is 2.40. The summed E-state index contributed by atoms with van der Waals surface area (Å²) < 4.78 is 12.4. The normalized spacial score (nSPS) is 17.7. The fourth-order valence-electron chi connectivity index (χ4n) is 8.78. The Balaban J connectivity index is 1.29. The van der Waals surface area contributed by atoms with Gasteiger partial charge in [0.05, 0.1) is 0 Å². The zero-order valence-corrected chi connectivity index (χ0v) is 33.0. The van der Waals surface area contributed by atoms with Crippen molar-refractivity contribution < 1.29 is 24.1 Å². The minimum Gasteiger partial charge on any atom is -0.0582 e. The molecular weight excluding hydrogens is 796 g/mol. The summed E-state index contributed by atoms with van der Waals surface area (Å²) in [5, 5.41) is 0. The molecule has 0 saturated heterocycles. The molecule has 0 N–H and O–H groups in total. The summed E-state index contributed by atoms with van der Waals surface area (Å²) in [4.78, 5) is 7.34. The Kier molecular flexibility index (Phi) is 7.18. The number of pyridine rings is 1. The number of para-hydroxylation sites is 2. The van der Waals surface area contributed by atoms with Crippen LogP contribution >= 0.6 is 0 Å². The number of fused-ring (bicyclic) bond motifs is 5. The molecule has 8 rings (SSSR count). The molecule has 4 aromatic carbocycles. The van der Waals surface area contributed by atoms with E-state index in [0.29, 0.717) is 0 Å². The van der Waals surface area contributed by atoms with Crippen molar-refractivity contribution in [3.63, 3.8) is 0 Å². The average Bonchev–Trinajstić information content (AvgIpc) is 3.38. The van der Waals surface area contributed by atoms with Crippen molar-refractivity contribution in [2.24, 2.45) is 12.5 Å². The van der Waals surface area contributed by atoms with E-state index in [2.05, 4.69) is 188 Å². The summed E-state index contributed by atoms with van der Waals surface area (Å²) in [6.07, 6.45) is 1.92. The van der Waals surface area contributed by atoms with Crippen LogP contribution in [0.2, 0.25) is 0 Å². The molecule has 0 fully saturated rings. The number of rotatable bonds is 4. The summed E-state index contributed by atoms with van der Waals surface area (Å²) in [6, 6.07) is 32.5. The van der Waals surface area contributed by atoms with E-state index in [1.54, 1.807) is 0 Å². The van der Waals surface area contributed by atoms with Crippen molar-refractivity contribution in [1.29, 1.82) is 0 Å². The van der Waals surface area contributed by atoms with Gasteiger partial charge in [0.25, 0.3) is 0 Å². The van der Waals surface area contributed by atoms with Crippen molar-refractivity contribution in [3.05, 3.63) is 129 Å². The third-order valence-electron chi connectivity index (χ3n) is 12.7. The van der Waals surface area contributed by atoms with Crippen molar-refractivity contribution in [3.8, 4) is 17.2 Å². The molecule has 1 aliphatic carbocycles. The molecule has 0 amide bonds. The number of aromatic nitrogens is 3. The number of benzene rings is 4. The van der Waals surface area contributed by atoms with Crippen LogP contribution in [0.4, 0.5) is 17.2 Å². The van der Waals surface area contributed by atoms with Gasteiger partial charge in [0.15, 0.2) is 0 Å². The molecule has 5 nitrogen and oxygen atoms in total. The molecule has 0 bridgehead atoms. The predicted octanol–water partition coefficient (Wildman–Crippen LogP) is 11.2. The van der Waals surface area contributed by atoms with Gasteiger partial charge in [-0.05, 0) is 45.9 Å². The fraction of sp³-hybridized carbons (Fsp3) is 0.318. The van der Waals surface area contributed by atoms with Gasteiger partial charge >= 0.3 is 209 Å². The standard InChI is InChI=1S/C44H46N4O.Pt/c1-28-22-23-45-38(24-28)48-36-21-20-33-39(43(6,7)44(8,9)42(33,4)5)40(36)41(2,3)32-19-18-31(26-37(32)48)49-30-15-13-14-29(25-30)47-27-46(10)34-16-11-12-17-35(34)47;/h11-26H,1-10H3;. The van der Waals surface area contributed by atoms with Crippen molar-refractivity contribution in [2.75, 3.05) is 4.90 Å². The molecule has 2 aliphatic rings. The third-order valence-corrected chi connectivity index (χ3v) is 14.0. The molecule has 3 heterocycles. The predicted molar refractivity (Wildman–Crippen MR) is 201 cm³/mol. The molecule has 0 atom stereocenters. The van der Waals surface area contributed by atoms with Crippen LogP contribution in [0.25, 0.3) is 16.7 Å². The zero-order chi connectivity index (χ0) is 35.5. The molecule has 0 spiro atoms. The molecule has 0 radical (unpaired) electrons. The quantitative estimate of drug-likeness (QED) is 0.177. The van der Waals surface area contributed by atoms with Crippen LogP contribution in [0.1, 0.15) is 83.2 Å².